The quantitative estimate of drug-likeness (QED) is 0.604. The van der Waals surface area contributed by atoms with Crippen LogP contribution in [0.1, 0.15) is 60.5 Å². The molecule has 7 heteroatoms. The Morgan fingerprint density at radius 1 is 1.00 bits per heavy atom. The van der Waals surface area contributed by atoms with Crippen molar-refractivity contribution in [3.63, 3.8) is 0 Å². The highest BCUT2D eigenvalue weighted by Gasteiger charge is 2.39. The molecule has 182 valence electrons. The average Bonchev–Trinajstić information content (AvgIpc) is 3.43. The SMILES string of the molecule is CCOC(=O)[C@@H]1CCCN(C(=O)[C@@H]2C[C@H](c3ccc(CC)cc3)CN(C(=O)c3ccoc3)C2)C1. The maximum absolute atomic E-state index is 13.6. The van der Waals surface area contributed by atoms with E-state index in [1.165, 1.54) is 18.1 Å². The van der Waals surface area contributed by atoms with Gasteiger partial charge in [0.2, 0.25) is 5.91 Å². The molecule has 0 N–H and O–H groups in total. The van der Waals surface area contributed by atoms with Crippen LogP contribution in [0, 0.1) is 11.8 Å². The van der Waals surface area contributed by atoms with Crippen LogP contribution >= 0.6 is 0 Å². The number of ether oxygens (including phenoxy) is 1. The van der Waals surface area contributed by atoms with E-state index in [0.717, 1.165) is 24.8 Å². The normalized spacial score (nSPS) is 22.9. The molecule has 3 heterocycles. The Morgan fingerprint density at radius 2 is 1.76 bits per heavy atom. The Kier molecular flexibility index (Phi) is 7.70. The number of carbonyl (C=O) groups is 3. The molecule has 2 amide bonds. The highest BCUT2D eigenvalue weighted by Crippen LogP contribution is 2.33. The smallest absolute Gasteiger partial charge is 0.310 e. The van der Waals surface area contributed by atoms with E-state index in [4.69, 9.17) is 9.15 Å². The number of benzene rings is 1. The topological polar surface area (TPSA) is 80.1 Å². The van der Waals surface area contributed by atoms with Crippen molar-refractivity contribution in [2.45, 2.75) is 45.4 Å². The first-order valence-electron chi connectivity index (χ1n) is 12.4. The Labute approximate surface area is 201 Å². The first-order valence-corrected chi connectivity index (χ1v) is 12.4. The molecule has 2 saturated heterocycles. The minimum Gasteiger partial charge on any atom is -0.472 e. The molecule has 2 aliphatic rings. The van der Waals surface area contributed by atoms with Gasteiger partial charge in [0.05, 0.1) is 30.3 Å². The molecule has 1 aromatic carbocycles. The van der Waals surface area contributed by atoms with Crippen molar-refractivity contribution in [2.24, 2.45) is 11.8 Å². The molecular weight excluding hydrogens is 432 g/mol. The van der Waals surface area contributed by atoms with Crippen molar-refractivity contribution in [1.82, 2.24) is 9.80 Å². The third kappa shape index (κ3) is 5.34. The monoisotopic (exact) mass is 466 g/mol. The number of esters is 1. The van der Waals surface area contributed by atoms with E-state index < -0.39 is 0 Å². The number of likely N-dealkylation sites (tertiary alicyclic amines) is 2. The third-order valence-electron chi connectivity index (χ3n) is 7.07. The van der Waals surface area contributed by atoms with Crippen molar-refractivity contribution in [3.05, 3.63) is 59.5 Å². The Balaban J connectivity index is 1.53. The molecule has 0 radical (unpaired) electrons. The summed E-state index contributed by atoms with van der Waals surface area (Å²) in [6.07, 6.45) is 6.11. The van der Waals surface area contributed by atoms with Gasteiger partial charge in [-0.3, -0.25) is 14.4 Å². The first kappa shape index (κ1) is 24.0. The van der Waals surface area contributed by atoms with Crippen molar-refractivity contribution >= 4 is 17.8 Å². The average molecular weight is 467 g/mol. The fourth-order valence-electron chi connectivity index (χ4n) is 5.17. The lowest BCUT2D eigenvalue weighted by Gasteiger charge is -2.40. The van der Waals surface area contributed by atoms with E-state index in [1.807, 2.05) is 0 Å². The number of furan rings is 1. The number of carbonyl (C=O) groups excluding carboxylic acids is 3. The minimum atomic E-state index is -0.318. The van der Waals surface area contributed by atoms with Gasteiger partial charge in [0.15, 0.2) is 0 Å². The Morgan fingerprint density at radius 3 is 2.44 bits per heavy atom. The van der Waals surface area contributed by atoms with Gasteiger partial charge in [-0.15, -0.1) is 0 Å². The molecule has 0 unspecified atom stereocenters. The molecule has 7 nitrogen and oxygen atoms in total. The van der Waals surface area contributed by atoms with Gasteiger partial charge in [-0.05, 0) is 49.8 Å². The number of rotatable bonds is 6. The molecular formula is C27H34N2O5. The second-order valence-corrected chi connectivity index (χ2v) is 9.32. The lowest BCUT2D eigenvalue weighted by atomic mass is 9.82. The minimum absolute atomic E-state index is 0.0221. The van der Waals surface area contributed by atoms with Crippen molar-refractivity contribution in [2.75, 3.05) is 32.8 Å². The summed E-state index contributed by atoms with van der Waals surface area (Å²) < 4.78 is 10.3. The maximum atomic E-state index is 13.6. The van der Waals surface area contributed by atoms with Crippen molar-refractivity contribution < 1.29 is 23.5 Å². The summed E-state index contributed by atoms with van der Waals surface area (Å²) >= 11 is 0. The Hall–Kier alpha value is -3.09. The summed E-state index contributed by atoms with van der Waals surface area (Å²) in [5.74, 6) is -0.855. The standard InChI is InChI=1S/C27H34N2O5/c1-3-19-7-9-20(10-8-19)23-14-24(17-29(16-23)25(30)22-11-13-33-18-22)26(31)28-12-5-6-21(15-28)27(32)34-4-2/h7-11,13,18,21,23-24H,3-6,12,14-17H2,1-2H3/t21-,23+,24-/m1/s1. The van der Waals surface area contributed by atoms with Gasteiger partial charge in [-0.25, -0.2) is 0 Å². The van der Waals surface area contributed by atoms with Crippen LogP contribution in [0.4, 0.5) is 0 Å². The predicted octanol–water partition coefficient (Wildman–Crippen LogP) is 3.89. The van der Waals surface area contributed by atoms with Crippen molar-refractivity contribution in [3.8, 4) is 0 Å². The summed E-state index contributed by atoms with van der Waals surface area (Å²) in [4.78, 5) is 42.7. The molecule has 0 aliphatic carbocycles. The van der Waals surface area contributed by atoms with Gasteiger partial charge in [-0.1, -0.05) is 31.2 Å². The van der Waals surface area contributed by atoms with Crippen LogP contribution in [0.3, 0.4) is 0 Å². The zero-order valence-corrected chi connectivity index (χ0v) is 20.1. The molecule has 2 aromatic rings. The van der Waals surface area contributed by atoms with E-state index in [0.29, 0.717) is 44.8 Å². The second kappa shape index (κ2) is 10.9. The molecule has 2 fully saturated rings. The van der Waals surface area contributed by atoms with E-state index in [9.17, 15) is 14.4 Å². The van der Waals surface area contributed by atoms with Crippen LogP contribution in [-0.2, 0) is 20.7 Å². The summed E-state index contributed by atoms with van der Waals surface area (Å²) in [5.41, 5.74) is 2.90. The highest BCUT2D eigenvalue weighted by atomic mass is 16.5. The first-order chi connectivity index (χ1) is 16.5. The molecule has 3 atom stereocenters. The van der Waals surface area contributed by atoms with Crippen LogP contribution in [0.25, 0.3) is 0 Å². The summed E-state index contributed by atoms with van der Waals surface area (Å²) in [7, 11) is 0. The van der Waals surface area contributed by atoms with Gasteiger partial charge in [0.25, 0.3) is 5.91 Å². The molecule has 0 saturated carbocycles. The lowest BCUT2D eigenvalue weighted by molar-refractivity contribution is -0.152. The molecule has 0 bridgehead atoms. The largest absolute Gasteiger partial charge is 0.472 e. The molecule has 2 aliphatic heterocycles. The van der Waals surface area contributed by atoms with Gasteiger partial charge in [-0.2, -0.15) is 0 Å². The third-order valence-corrected chi connectivity index (χ3v) is 7.07. The number of hydrogen-bond acceptors (Lipinski definition) is 5. The fourth-order valence-corrected chi connectivity index (χ4v) is 5.17. The van der Waals surface area contributed by atoms with Crippen LogP contribution in [0.5, 0.6) is 0 Å². The number of hydrogen-bond donors (Lipinski definition) is 0. The van der Waals surface area contributed by atoms with Crippen LogP contribution in [0.15, 0.2) is 47.3 Å². The van der Waals surface area contributed by atoms with Crippen LogP contribution in [0.2, 0.25) is 0 Å². The van der Waals surface area contributed by atoms with E-state index >= 15 is 0 Å². The number of nitrogens with zero attached hydrogens (tertiary/aromatic N) is 2. The van der Waals surface area contributed by atoms with E-state index in [-0.39, 0.29) is 35.5 Å². The van der Waals surface area contributed by atoms with Gasteiger partial charge in [0, 0.05) is 32.1 Å². The second-order valence-electron chi connectivity index (χ2n) is 9.32. The zero-order chi connectivity index (χ0) is 24.1. The molecule has 1 aromatic heterocycles. The zero-order valence-electron chi connectivity index (χ0n) is 20.1. The number of amides is 2. The number of piperidine rings is 2. The maximum Gasteiger partial charge on any atom is 0.310 e. The molecule has 0 spiro atoms. The Bertz CT molecular complexity index is 985. The summed E-state index contributed by atoms with van der Waals surface area (Å²) in [6.45, 7) is 6.21. The van der Waals surface area contributed by atoms with E-state index in [2.05, 4.69) is 31.2 Å². The van der Waals surface area contributed by atoms with Crippen molar-refractivity contribution in [1.29, 1.82) is 0 Å². The lowest BCUT2D eigenvalue weighted by Crippen LogP contribution is -2.51. The highest BCUT2D eigenvalue weighted by molar-refractivity contribution is 5.94. The number of aryl methyl sites for hydroxylation is 1. The van der Waals surface area contributed by atoms with Gasteiger partial charge >= 0.3 is 5.97 Å². The summed E-state index contributed by atoms with van der Waals surface area (Å²) in [5, 5.41) is 0. The van der Waals surface area contributed by atoms with Crippen LogP contribution in [-0.4, -0.2) is 60.4 Å². The van der Waals surface area contributed by atoms with Gasteiger partial charge in [0.1, 0.15) is 6.26 Å². The van der Waals surface area contributed by atoms with E-state index in [1.54, 1.807) is 22.8 Å². The molecule has 34 heavy (non-hydrogen) atoms. The van der Waals surface area contributed by atoms with Gasteiger partial charge < -0.3 is 19.0 Å². The predicted molar refractivity (Wildman–Crippen MR) is 127 cm³/mol. The summed E-state index contributed by atoms with van der Waals surface area (Å²) in [6, 6.07) is 10.1. The molecule has 4 rings (SSSR count). The van der Waals surface area contributed by atoms with Crippen LogP contribution < -0.4 is 0 Å². The fraction of sp³-hybridized carbons (Fsp3) is 0.519.